The minimum Gasteiger partial charge on any atom is -0.475 e. The minimum absolute atomic E-state index is 0.183. The standard InChI is InChI=1S/C23H19ClN6O2.C2HF3O2/c1-13-20(32-12-26-13)22(31)28-18-9-15-6-5-14-3-2-4-16(7-14)29-23-25-11-19(24)21(30-23)27-17(8-15)10-18;3-2(4,5)1(6)7/h2-4,7-12H,5-6H2,1H3,(H,28,31)(H2,25,27,29,30);(H,6,7). The van der Waals surface area contributed by atoms with Gasteiger partial charge < -0.3 is 25.5 Å². The van der Waals surface area contributed by atoms with Crippen LogP contribution in [0, 0.1) is 6.92 Å². The summed E-state index contributed by atoms with van der Waals surface area (Å²) in [7, 11) is 0. The number of hydrogen-bond donors (Lipinski definition) is 4. The second-order valence-electron chi connectivity index (χ2n) is 8.28. The van der Waals surface area contributed by atoms with Crippen molar-refractivity contribution in [3.05, 3.63) is 82.7 Å². The van der Waals surface area contributed by atoms with Gasteiger partial charge in [-0.25, -0.2) is 14.8 Å². The van der Waals surface area contributed by atoms with Crippen LogP contribution in [-0.2, 0) is 17.6 Å². The van der Waals surface area contributed by atoms with Crippen molar-refractivity contribution in [3.63, 3.8) is 0 Å². The maximum atomic E-state index is 12.6. The molecule has 0 unspecified atom stereocenters. The van der Waals surface area contributed by atoms with E-state index >= 15 is 0 Å². The molecule has 1 aliphatic heterocycles. The average Bonchev–Trinajstić information content (AvgIpc) is 3.30. The Morgan fingerprint density at radius 3 is 2.46 bits per heavy atom. The van der Waals surface area contributed by atoms with E-state index in [0.29, 0.717) is 28.2 Å². The van der Waals surface area contributed by atoms with E-state index in [-0.39, 0.29) is 11.7 Å². The smallest absolute Gasteiger partial charge is 0.475 e. The van der Waals surface area contributed by atoms with E-state index in [9.17, 15) is 18.0 Å². The Morgan fingerprint density at radius 2 is 1.77 bits per heavy atom. The maximum Gasteiger partial charge on any atom is 0.490 e. The highest BCUT2D eigenvalue weighted by atomic mass is 35.5. The lowest BCUT2D eigenvalue weighted by Crippen LogP contribution is -2.21. The van der Waals surface area contributed by atoms with Crippen LogP contribution in [0.2, 0.25) is 5.02 Å². The van der Waals surface area contributed by atoms with E-state index in [1.807, 2.05) is 30.3 Å². The van der Waals surface area contributed by atoms with Gasteiger partial charge in [0.15, 0.2) is 12.2 Å². The number of benzene rings is 2. The molecule has 0 aliphatic carbocycles. The molecule has 0 atom stereocenters. The summed E-state index contributed by atoms with van der Waals surface area (Å²) >= 11 is 6.34. The van der Waals surface area contributed by atoms with E-state index in [0.717, 1.165) is 29.8 Å². The SMILES string of the molecule is Cc1ncoc1C(=O)Nc1cc2cc(c1)Nc1nc(ncc1Cl)Nc1cccc(c1)CC2.O=C(O)C(F)(F)F. The van der Waals surface area contributed by atoms with Crippen molar-refractivity contribution in [2.45, 2.75) is 25.9 Å². The number of aromatic nitrogens is 3. The second-order valence-corrected chi connectivity index (χ2v) is 8.69. The van der Waals surface area contributed by atoms with Gasteiger partial charge in [0.1, 0.15) is 5.02 Å². The highest BCUT2D eigenvalue weighted by Crippen LogP contribution is 2.29. The molecule has 3 heterocycles. The van der Waals surface area contributed by atoms with Crippen molar-refractivity contribution < 1.29 is 32.3 Å². The first-order chi connectivity index (χ1) is 18.5. The summed E-state index contributed by atoms with van der Waals surface area (Å²) in [6.45, 7) is 1.72. The third-order valence-electron chi connectivity index (χ3n) is 5.34. The molecule has 2 aromatic heterocycles. The number of carbonyl (C=O) groups is 2. The number of carbonyl (C=O) groups excluding carboxylic acids is 1. The number of carboxylic acid groups (broad SMARTS) is 1. The zero-order valence-corrected chi connectivity index (χ0v) is 20.9. The summed E-state index contributed by atoms with van der Waals surface area (Å²) in [6, 6.07) is 13.9. The third-order valence-corrected chi connectivity index (χ3v) is 5.61. The molecular formula is C25H20ClF3N6O4. The summed E-state index contributed by atoms with van der Waals surface area (Å²) in [5.74, 6) is -2.05. The van der Waals surface area contributed by atoms with Crippen molar-refractivity contribution in [3.8, 4) is 0 Å². The zero-order valence-electron chi connectivity index (χ0n) is 20.1. The van der Waals surface area contributed by atoms with Gasteiger partial charge in [0.2, 0.25) is 11.7 Å². The van der Waals surface area contributed by atoms with E-state index in [4.69, 9.17) is 25.9 Å². The van der Waals surface area contributed by atoms with Gasteiger partial charge in [-0.1, -0.05) is 23.7 Å². The minimum atomic E-state index is -5.08. The van der Waals surface area contributed by atoms with Crippen molar-refractivity contribution in [2.24, 2.45) is 0 Å². The third kappa shape index (κ3) is 7.23. The molecule has 6 bridgehead atoms. The first kappa shape index (κ1) is 27.4. The predicted molar refractivity (Wildman–Crippen MR) is 137 cm³/mol. The van der Waals surface area contributed by atoms with Gasteiger partial charge in [-0.15, -0.1) is 0 Å². The number of nitrogens with one attached hydrogen (secondary N) is 3. The Hall–Kier alpha value is -4.65. The van der Waals surface area contributed by atoms with Crippen molar-refractivity contribution >= 4 is 52.3 Å². The highest BCUT2D eigenvalue weighted by Gasteiger charge is 2.38. The number of carboxylic acids is 1. The molecule has 2 aromatic carbocycles. The number of fused-ring (bicyclic) bond motifs is 6. The van der Waals surface area contributed by atoms with E-state index in [1.54, 1.807) is 13.1 Å². The molecule has 4 N–H and O–H groups in total. The van der Waals surface area contributed by atoms with Gasteiger partial charge in [0.25, 0.3) is 5.91 Å². The van der Waals surface area contributed by atoms with Crippen LogP contribution in [0.4, 0.5) is 42.0 Å². The van der Waals surface area contributed by atoms with Crippen LogP contribution in [0.25, 0.3) is 0 Å². The van der Waals surface area contributed by atoms with Crippen LogP contribution >= 0.6 is 11.6 Å². The molecular weight excluding hydrogens is 541 g/mol. The fraction of sp³-hybridized carbons (Fsp3) is 0.160. The van der Waals surface area contributed by atoms with Crippen molar-refractivity contribution in [1.29, 1.82) is 0 Å². The van der Waals surface area contributed by atoms with Crippen LogP contribution in [0.5, 0.6) is 0 Å². The van der Waals surface area contributed by atoms with Crippen molar-refractivity contribution in [1.82, 2.24) is 15.0 Å². The molecule has 39 heavy (non-hydrogen) atoms. The molecule has 14 heteroatoms. The largest absolute Gasteiger partial charge is 0.490 e. The molecule has 5 rings (SSSR count). The number of oxazole rings is 1. The van der Waals surface area contributed by atoms with E-state index in [1.165, 1.54) is 12.0 Å². The molecule has 4 aromatic rings. The molecule has 10 nitrogen and oxygen atoms in total. The number of rotatable bonds is 2. The van der Waals surface area contributed by atoms with Gasteiger partial charge in [-0.3, -0.25) is 4.79 Å². The van der Waals surface area contributed by atoms with E-state index in [2.05, 4.69) is 43.0 Å². The summed E-state index contributed by atoms with van der Waals surface area (Å²) in [4.78, 5) is 34.3. The van der Waals surface area contributed by atoms with Gasteiger partial charge in [0.05, 0.1) is 11.9 Å². The lowest BCUT2D eigenvalue weighted by atomic mass is 10.0. The molecule has 0 saturated heterocycles. The number of aliphatic carboxylic acids is 1. The number of anilines is 5. The monoisotopic (exact) mass is 560 g/mol. The van der Waals surface area contributed by atoms with Gasteiger partial charge in [-0.2, -0.15) is 18.2 Å². The predicted octanol–water partition coefficient (Wildman–Crippen LogP) is 5.90. The molecule has 0 radical (unpaired) electrons. The van der Waals surface area contributed by atoms with Crippen LogP contribution < -0.4 is 16.0 Å². The van der Waals surface area contributed by atoms with Gasteiger partial charge in [-0.05, 0) is 61.2 Å². The lowest BCUT2D eigenvalue weighted by molar-refractivity contribution is -0.192. The Labute approximate surface area is 224 Å². The normalized spacial score (nSPS) is 12.2. The summed E-state index contributed by atoms with van der Waals surface area (Å²) in [6.07, 6.45) is -0.680. The summed E-state index contributed by atoms with van der Waals surface area (Å²) < 4.78 is 37.0. The Morgan fingerprint density at radius 1 is 1.05 bits per heavy atom. The number of aryl methyl sites for hydroxylation is 3. The fourth-order valence-corrected chi connectivity index (χ4v) is 3.70. The maximum absolute atomic E-state index is 12.6. The van der Waals surface area contributed by atoms with E-state index < -0.39 is 12.1 Å². The summed E-state index contributed by atoms with van der Waals surface area (Å²) in [5.41, 5.74) is 5.01. The van der Waals surface area contributed by atoms with Gasteiger partial charge in [0, 0.05) is 17.1 Å². The molecule has 1 aliphatic rings. The number of amides is 1. The number of alkyl halides is 3. The summed E-state index contributed by atoms with van der Waals surface area (Å²) in [5, 5.41) is 16.9. The quantitative estimate of drug-likeness (QED) is 0.236. The first-order valence-corrected chi connectivity index (χ1v) is 11.7. The highest BCUT2D eigenvalue weighted by molar-refractivity contribution is 6.32. The molecule has 0 fully saturated rings. The lowest BCUT2D eigenvalue weighted by Gasteiger charge is -2.13. The number of hydrogen-bond acceptors (Lipinski definition) is 8. The Bertz CT molecular complexity index is 1530. The zero-order chi connectivity index (χ0) is 28.2. The van der Waals surface area contributed by atoms with Crippen LogP contribution in [0.1, 0.15) is 27.4 Å². The Balaban J connectivity index is 0.000000448. The molecule has 202 valence electrons. The van der Waals surface area contributed by atoms with Crippen LogP contribution in [0.3, 0.4) is 0 Å². The fourth-order valence-electron chi connectivity index (χ4n) is 3.56. The van der Waals surface area contributed by atoms with Crippen molar-refractivity contribution in [2.75, 3.05) is 16.0 Å². The number of halogens is 4. The topological polar surface area (TPSA) is 142 Å². The first-order valence-electron chi connectivity index (χ1n) is 11.3. The van der Waals surface area contributed by atoms with Crippen LogP contribution in [-0.4, -0.2) is 38.1 Å². The number of nitrogens with zero attached hydrogens (tertiary/aromatic N) is 3. The molecule has 1 amide bonds. The molecule has 0 saturated carbocycles. The van der Waals surface area contributed by atoms with Gasteiger partial charge >= 0.3 is 12.1 Å². The van der Waals surface area contributed by atoms with Crippen LogP contribution in [0.15, 0.2) is 59.5 Å². The Kier molecular flexibility index (Phi) is 8.00. The molecule has 0 spiro atoms. The average molecular weight is 561 g/mol. The second kappa shape index (κ2) is 11.4.